The molecule has 1 atom stereocenters. The summed E-state index contributed by atoms with van der Waals surface area (Å²) in [5.41, 5.74) is 2.82. The summed E-state index contributed by atoms with van der Waals surface area (Å²) < 4.78 is 0. The van der Waals surface area contributed by atoms with E-state index in [-0.39, 0.29) is 11.8 Å². The molecule has 2 aliphatic rings. The van der Waals surface area contributed by atoms with E-state index in [1.54, 1.807) is 0 Å². The quantitative estimate of drug-likeness (QED) is 0.842. The zero-order chi connectivity index (χ0) is 15.7. The summed E-state index contributed by atoms with van der Waals surface area (Å²) in [5, 5.41) is 0. The second-order valence-electron chi connectivity index (χ2n) is 6.49. The second-order valence-corrected chi connectivity index (χ2v) is 6.49. The van der Waals surface area contributed by atoms with Gasteiger partial charge in [-0.25, -0.2) is 0 Å². The van der Waals surface area contributed by atoms with Crippen LogP contribution in [0.5, 0.6) is 0 Å². The van der Waals surface area contributed by atoms with Gasteiger partial charge in [0, 0.05) is 37.3 Å². The first-order valence-corrected chi connectivity index (χ1v) is 8.32. The highest BCUT2D eigenvalue weighted by molar-refractivity contribution is 5.99. The largest absolute Gasteiger partial charge is 0.338 e. The van der Waals surface area contributed by atoms with E-state index in [0.29, 0.717) is 17.9 Å². The highest BCUT2D eigenvalue weighted by Gasteiger charge is 2.27. The average molecular weight is 300 g/mol. The van der Waals surface area contributed by atoms with Crippen LogP contribution in [0.1, 0.15) is 49.0 Å². The average Bonchev–Trinajstić information content (AvgIpc) is 2.96. The number of nitrogens with zero attached hydrogens (tertiary/aromatic N) is 2. The third-order valence-corrected chi connectivity index (χ3v) is 4.78. The minimum absolute atomic E-state index is 0.102. The topological polar surface area (TPSA) is 40.6 Å². The fourth-order valence-electron chi connectivity index (χ4n) is 3.52. The highest BCUT2D eigenvalue weighted by Crippen LogP contribution is 2.30. The van der Waals surface area contributed by atoms with Crippen LogP contribution in [0, 0.1) is 5.92 Å². The monoisotopic (exact) mass is 300 g/mol. The lowest BCUT2D eigenvalue weighted by Crippen LogP contribution is -2.39. The van der Waals surface area contributed by atoms with Crippen molar-refractivity contribution in [1.82, 2.24) is 4.90 Å². The summed E-state index contributed by atoms with van der Waals surface area (Å²) in [4.78, 5) is 28.5. The summed E-state index contributed by atoms with van der Waals surface area (Å²) in [6.45, 7) is 6.50. The van der Waals surface area contributed by atoms with E-state index in [0.717, 1.165) is 38.2 Å². The van der Waals surface area contributed by atoms with Gasteiger partial charge in [-0.1, -0.05) is 19.9 Å². The summed E-state index contributed by atoms with van der Waals surface area (Å²) in [6, 6.07) is 5.84. The molecule has 0 spiro atoms. The SMILES string of the molecule is CCC(=O)N1CCc2ccc(C(=O)N3CCCC(C)C3)cc21. The molecule has 1 aromatic carbocycles. The van der Waals surface area contributed by atoms with Gasteiger partial charge < -0.3 is 9.80 Å². The molecule has 1 unspecified atom stereocenters. The van der Waals surface area contributed by atoms with Crippen molar-refractivity contribution in [3.8, 4) is 0 Å². The molecule has 1 fully saturated rings. The van der Waals surface area contributed by atoms with Gasteiger partial charge in [0.2, 0.25) is 5.91 Å². The number of fused-ring (bicyclic) bond motifs is 1. The zero-order valence-electron chi connectivity index (χ0n) is 13.5. The van der Waals surface area contributed by atoms with E-state index in [2.05, 4.69) is 6.92 Å². The fourth-order valence-corrected chi connectivity index (χ4v) is 3.52. The Labute approximate surface area is 132 Å². The fraction of sp³-hybridized carbons (Fsp3) is 0.556. The van der Waals surface area contributed by atoms with Crippen LogP contribution in [-0.4, -0.2) is 36.3 Å². The van der Waals surface area contributed by atoms with Crippen LogP contribution < -0.4 is 4.90 Å². The molecule has 0 saturated carbocycles. The molecule has 0 aromatic heterocycles. The van der Waals surface area contributed by atoms with Gasteiger partial charge in [0.15, 0.2) is 0 Å². The number of carbonyl (C=O) groups is 2. The highest BCUT2D eigenvalue weighted by atomic mass is 16.2. The Balaban J connectivity index is 1.84. The van der Waals surface area contributed by atoms with Crippen molar-refractivity contribution in [3.63, 3.8) is 0 Å². The number of benzene rings is 1. The molecule has 2 aliphatic heterocycles. The lowest BCUT2D eigenvalue weighted by molar-refractivity contribution is -0.118. The molecule has 3 rings (SSSR count). The van der Waals surface area contributed by atoms with Crippen LogP contribution in [0.3, 0.4) is 0 Å². The Morgan fingerprint density at radius 2 is 2.09 bits per heavy atom. The van der Waals surface area contributed by atoms with E-state index < -0.39 is 0 Å². The van der Waals surface area contributed by atoms with E-state index >= 15 is 0 Å². The van der Waals surface area contributed by atoms with Crippen molar-refractivity contribution in [3.05, 3.63) is 29.3 Å². The maximum atomic E-state index is 12.7. The number of piperidine rings is 1. The molecule has 4 heteroatoms. The minimum Gasteiger partial charge on any atom is -0.338 e. The first-order chi connectivity index (χ1) is 10.6. The molecular weight excluding hydrogens is 276 g/mol. The van der Waals surface area contributed by atoms with Gasteiger partial charge >= 0.3 is 0 Å². The standard InChI is InChI=1S/C18H24N2O2/c1-3-17(21)20-10-8-14-6-7-15(11-16(14)20)18(22)19-9-4-5-13(2)12-19/h6-7,11,13H,3-5,8-10,12H2,1-2H3. The van der Waals surface area contributed by atoms with Crippen molar-refractivity contribution >= 4 is 17.5 Å². The predicted molar refractivity (Wildman–Crippen MR) is 87.1 cm³/mol. The molecule has 118 valence electrons. The first kappa shape index (κ1) is 15.1. The van der Waals surface area contributed by atoms with Crippen molar-refractivity contribution in [2.24, 2.45) is 5.92 Å². The lowest BCUT2D eigenvalue weighted by atomic mass is 9.99. The van der Waals surface area contributed by atoms with Gasteiger partial charge in [-0.15, -0.1) is 0 Å². The summed E-state index contributed by atoms with van der Waals surface area (Å²) in [5.74, 6) is 0.811. The van der Waals surface area contributed by atoms with Gasteiger partial charge in [-0.3, -0.25) is 9.59 Å². The zero-order valence-corrected chi connectivity index (χ0v) is 13.5. The van der Waals surface area contributed by atoms with Crippen molar-refractivity contribution < 1.29 is 9.59 Å². The van der Waals surface area contributed by atoms with E-state index in [9.17, 15) is 9.59 Å². The van der Waals surface area contributed by atoms with E-state index in [4.69, 9.17) is 0 Å². The number of carbonyl (C=O) groups excluding carboxylic acids is 2. The number of hydrogen-bond donors (Lipinski definition) is 0. The maximum absolute atomic E-state index is 12.7. The molecule has 0 radical (unpaired) electrons. The van der Waals surface area contributed by atoms with E-state index in [1.165, 1.54) is 12.0 Å². The number of anilines is 1. The molecule has 22 heavy (non-hydrogen) atoms. The molecule has 2 heterocycles. The summed E-state index contributed by atoms with van der Waals surface area (Å²) in [7, 11) is 0. The van der Waals surface area contributed by atoms with Crippen LogP contribution >= 0.6 is 0 Å². The van der Waals surface area contributed by atoms with Crippen LogP contribution in [0.4, 0.5) is 5.69 Å². The lowest BCUT2D eigenvalue weighted by Gasteiger charge is -2.31. The van der Waals surface area contributed by atoms with Gasteiger partial charge in [-0.05, 0) is 42.9 Å². The van der Waals surface area contributed by atoms with Crippen molar-refractivity contribution in [2.45, 2.75) is 39.5 Å². The van der Waals surface area contributed by atoms with Gasteiger partial charge in [0.1, 0.15) is 0 Å². The minimum atomic E-state index is 0.102. The van der Waals surface area contributed by atoms with Crippen LogP contribution in [0.15, 0.2) is 18.2 Å². The summed E-state index contributed by atoms with van der Waals surface area (Å²) >= 11 is 0. The molecular formula is C18H24N2O2. The third kappa shape index (κ3) is 2.74. The smallest absolute Gasteiger partial charge is 0.253 e. The molecule has 0 bridgehead atoms. The van der Waals surface area contributed by atoms with Gasteiger partial charge in [-0.2, -0.15) is 0 Å². The maximum Gasteiger partial charge on any atom is 0.253 e. The molecule has 0 N–H and O–H groups in total. The molecule has 1 saturated heterocycles. The third-order valence-electron chi connectivity index (χ3n) is 4.78. The predicted octanol–water partition coefficient (Wildman–Crippen LogP) is 2.86. The number of rotatable bonds is 2. The number of hydrogen-bond acceptors (Lipinski definition) is 2. The molecule has 4 nitrogen and oxygen atoms in total. The Morgan fingerprint density at radius 3 is 2.82 bits per heavy atom. The van der Waals surface area contributed by atoms with Crippen LogP contribution in [0.2, 0.25) is 0 Å². The molecule has 1 aromatic rings. The van der Waals surface area contributed by atoms with Crippen molar-refractivity contribution in [1.29, 1.82) is 0 Å². The van der Waals surface area contributed by atoms with Crippen LogP contribution in [0.25, 0.3) is 0 Å². The Bertz CT molecular complexity index is 597. The normalized spacial score (nSPS) is 20.9. The Morgan fingerprint density at radius 1 is 1.27 bits per heavy atom. The van der Waals surface area contributed by atoms with Gasteiger partial charge in [0.05, 0.1) is 0 Å². The van der Waals surface area contributed by atoms with E-state index in [1.807, 2.05) is 34.9 Å². The number of likely N-dealkylation sites (tertiary alicyclic amines) is 1. The molecule has 0 aliphatic carbocycles. The Kier molecular flexibility index (Phi) is 4.19. The van der Waals surface area contributed by atoms with Crippen molar-refractivity contribution in [2.75, 3.05) is 24.5 Å². The number of amides is 2. The Hall–Kier alpha value is -1.84. The first-order valence-electron chi connectivity index (χ1n) is 8.32. The summed E-state index contributed by atoms with van der Waals surface area (Å²) in [6.07, 6.45) is 3.67. The molecule has 2 amide bonds. The van der Waals surface area contributed by atoms with Gasteiger partial charge in [0.25, 0.3) is 5.91 Å². The second kappa shape index (κ2) is 6.11. The van der Waals surface area contributed by atoms with Crippen LogP contribution in [-0.2, 0) is 11.2 Å².